The molecule has 2 atom stereocenters. The molecule has 1 heterocycles. The van der Waals surface area contributed by atoms with Crippen LogP contribution in [0.3, 0.4) is 0 Å². The van der Waals surface area contributed by atoms with Crippen LogP contribution in [0.25, 0.3) is 0 Å². The minimum Gasteiger partial charge on any atom is -0.227 e. The fraction of sp³-hybridized carbons (Fsp3) is 1.00. The van der Waals surface area contributed by atoms with Gasteiger partial charge in [0.2, 0.25) is 5.50 Å². The topological polar surface area (TPSA) is 77.5 Å². The zero-order chi connectivity index (χ0) is 13.0. The fourth-order valence-corrected chi connectivity index (χ4v) is 2.54. The van der Waals surface area contributed by atoms with Crippen LogP contribution < -0.4 is 0 Å². The molecule has 96 valence electrons. The number of hydrogen-bond acceptors (Lipinski definition) is 5. The molecule has 0 spiro atoms. The zero-order valence-corrected chi connectivity index (χ0v) is 8.67. The summed E-state index contributed by atoms with van der Waals surface area (Å²) >= 11 is 0. The summed E-state index contributed by atoms with van der Waals surface area (Å²) in [5.41, 5.74) is -3.72. The molecule has 1 rings (SSSR count). The van der Waals surface area contributed by atoms with Crippen LogP contribution in [-0.4, -0.2) is 33.4 Å². The van der Waals surface area contributed by atoms with E-state index in [0.717, 1.165) is 0 Å². The molecule has 1 aliphatic rings. The SMILES string of the molecule is O=S(=O)(F)C(F)CC1(F)C(F)(F)OS1(=O)=O. The molecular formula is C4H3F5O5S2. The third-order valence-corrected chi connectivity index (χ3v) is 4.18. The molecule has 0 N–H and O–H groups in total. The minimum absolute atomic E-state index is 2.40. The molecule has 0 aromatic heterocycles. The highest BCUT2D eigenvalue weighted by Gasteiger charge is 2.79. The van der Waals surface area contributed by atoms with Crippen molar-refractivity contribution in [3.05, 3.63) is 0 Å². The minimum atomic E-state index is -5.97. The van der Waals surface area contributed by atoms with Gasteiger partial charge in [-0.1, -0.05) is 0 Å². The predicted octanol–water partition coefficient (Wildman–Crippen LogP) is 0.590. The largest absolute Gasteiger partial charge is 0.420 e. The van der Waals surface area contributed by atoms with Crippen molar-refractivity contribution in [2.24, 2.45) is 0 Å². The lowest BCUT2D eigenvalue weighted by atomic mass is 10.2. The van der Waals surface area contributed by atoms with E-state index in [1.165, 1.54) is 0 Å². The number of rotatable bonds is 3. The highest BCUT2D eigenvalue weighted by atomic mass is 32.3. The molecule has 2 unspecified atom stereocenters. The van der Waals surface area contributed by atoms with Gasteiger partial charge in [0.05, 0.1) is 6.42 Å². The monoisotopic (exact) mass is 290 g/mol. The second kappa shape index (κ2) is 3.26. The van der Waals surface area contributed by atoms with E-state index >= 15 is 0 Å². The van der Waals surface area contributed by atoms with Crippen molar-refractivity contribution in [3.8, 4) is 0 Å². The number of hydrogen-bond donors (Lipinski definition) is 0. The van der Waals surface area contributed by atoms with Gasteiger partial charge in [-0.25, -0.2) is 8.78 Å². The smallest absolute Gasteiger partial charge is 0.227 e. The van der Waals surface area contributed by atoms with Crippen molar-refractivity contribution in [1.29, 1.82) is 0 Å². The molecule has 0 aliphatic carbocycles. The van der Waals surface area contributed by atoms with Crippen molar-refractivity contribution in [3.63, 3.8) is 0 Å². The Bertz CT molecular complexity index is 497. The van der Waals surface area contributed by atoms with Gasteiger partial charge in [0.25, 0.3) is 0 Å². The number of halogens is 5. The maximum Gasteiger partial charge on any atom is 0.420 e. The molecular weight excluding hydrogens is 287 g/mol. The molecule has 1 aliphatic heterocycles. The van der Waals surface area contributed by atoms with Crippen molar-refractivity contribution < 1.29 is 42.5 Å². The summed E-state index contributed by atoms with van der Waals surface area (Å²) in [5.74, 6) is 0. The van der Waals surface area contributed by atoms with Gasteiger partial charge < -0.3 is 0 Å². The van der Waals surface area contributed by atoms with E-state index in [9.17, 15) is 38.3 Å². The van der Waals surface area contributed by atoms with Crippen LogP contribution in [0.4, 0.5) is 21.4 Å². The summed E-state index contributed by atoms with van der Waals surface area (Å²) in [7, 11) is -11.4. The molecule has 0 bridgehead atoms. The summed E-state index contributed by atoms with van der Waals surface area (Å²) in [4.78, 5) is 0. The third kappa shape index (κ3) is 1.78. The normalized spacial score (nSPS) is 34.1. The lowest BCUT2D eigenvalue weighted by Gasteiger charge is -2.39. The average Bonchev–Trinajstić information content (AvgIpc) is 1.99. The van der Waals surface area contributed by atoms with Crippen LogP contribution in [0.15, 0.2) is 0 Å². The summed E-state index contributed by atoms with van der Waals surface area (Å²) in [6.07, 6.45) is -7.32. The second-order valence-corrected chi connectivity index (χ2v) is 6.06. The Morgan fingerprint density at radius 3 is 1.94 bits per heavy atom. The van der Waals surface area contributed by atoms with Gasteiger partial charge in [-0.2, -0.15) is 29.8 Å². The van der Waals surface area contributed by atoms with Crippen LogP contribution in [0, 0.1) is 0 Å². The Morgan fingerprint density at radius 2 is 1.69 bits per heavy atom. The first-order chi connectivity index (χ1) is 6.83. The van der Waals surface area contributed by atoms with E-state index < -0.39 is 43.4 Å². The molecule has 0 saturated carbocycles. The fourth-order valence-electron chi connectivity index (χ4n) is 0.904. The van der Waals surface area contributed by atoms with Gasteiger partial charge in [-0.3, -0.25) is 0 Å². The highest BCUT2D eigenvalue weighted by molar-refractivity contribution is 7.89. The first-order valence-corrected chi connectivity index (χ1v) is 6.28. The van der Waals surface area contributed by atoms with E-state index in [0.29, 0.717) is 0 Å². The molecule has 0 radical (unpaired) electrons. The van der Waals surface area contributed by atoms with Crippen LogP contribution >= 0.6 is 0 Å². The predicted molar refractivity (Wildman–Crippen MR) is 38.3 cm³/mol. The van der Waals surface area contributed by atoms with Gasteiger partial charge in [0.15, 0.2) is 0 Å². The van der Waals surface area contributed by atoms with E-state index in [-0.39, 0.29) is 0 Å². The molecule has 16 heavy (non-hydrogen) atoms. The van der Waals surface area contributed by atoms with Crippen molar-refractivity contribution in [1.82, 2.24) is 0 Å². The summed E-state index contributed by atoms with van der Waals surface area (Å²) < 4.78 is 106. The van der Waals surface area contributed by atoms with E-state index in [4.69, 9.17) is 0 Å². The maximum atomic E-state index is 13.1. The van der Waals surface area contributed by atoms with Crippen LogP contribution in [0.2, 0.25) is 0 Å². The lowest BCUT2D eigenvalue weighted by molar-refractivity contribution is -0.278. The summed E-state index contributed by atoms with van der Waals surface area (Å²) in [6.45, 7) is 0. The van der Waals surface area contributed by atoms with Crippen molar-refractivity contribution in [2.45, 2.75) is 23.0 Å². The first-order valence-electron chi connectivity index (χ1n) is 3.43. The van der Waals surface area contributed by atoms with Crippen LogP contribution in [0.5, 0.6) is 0 Å². The van der Waals surface area contributed by atoms with E-state index in [1.54, 1.807) is 0 Å². The van der Waals surface area contributed by atoms with Gasteiger partial charge in [0.1, 0.15) is 0 Å². The summed E-state index contributed by atoms with van der Waals surface area (Å²) in [6, 6.07) is 0. The molecule has 1 fully saturated rings. The second-order valence-electron chi connectivity index (χ2n) is 2.87. The van der Waals surface area contributed by atoms with Crippen molar-refractivity contribution >= 4 is 20.3 Å². The van der Waals surface area contributed by atoms with Crippen molar-refractivity contribution in [2.75, 3.05) is 0 Å². The lowest BCUT2D eigenvalue weighted by Crippen LogP contribution is -2.65. The number of alkyl halides is 4. The molecule has 0 amide bonds. The third-order valence-electron chi connectivity index (χ3n) is 1.77. The van der Waals surface area contributed by atoms with E-state index in [2.05, 4.69) is 4.18 Å². The Hall–Kier alpha value is -0.490. The standard InChI is InChI=1S/C4H3F5O5S2/c5-2(15(9,10)11)1-3(6)4(7,8)14-16(3,12)13/h2H,1H2. The molecule has 1 saturated heterocycles. The van der Waals surface area contributed by atoms with E-state index in [1.807, 2.05) is 0 Å². The molecule has 0 aromatic rings. The van der Waals surface area contributed by atoms with Crippen LogP contribution in [0.1, 0.15) is 6.42 Å². The van der Waals surface area contributed by atoms with Crippen LogP contribution in [-0.2, 0) is 24.5 Å². The zero-order valence-electron chi connectivity index (χ0n) is 7.03. The van der Waals surface area contributed by atoms with Gasteiger partial charge in [-0.05, 0) is 0 Å². The Morgan fingerprint density at radius 1 is 1.25 bits per heavy atom. The Kier molecular flexibility index (Phi) is 2.76. The Balaban J connectivity index is 3.05. The highest BCUT2D eigenvalue weighted by Crippen LogP contribution is 2.53. The van der Waals surface area contributed by atoms with Gasteiger partial charge in [-0.15, -0.1) is 3.89 Å². The van der Waals surface area contributed by atoms with Gasteiger partial charge in [0, 0.05) is 0 Å². The maximum absolute atomic E-state index is 13.1. The molecule has 12 heteroatoms. The quantitative estimate of drug-likeness (QED) is 0.432. The average molecular weight is 290 g/mol. The Labute approximate surface area is 86.5 Å². The first kappa shape index (κ1) is 13.6. The van der Waals surface area contributed by atoms with Gasteiger partial charge >= 0.3 is 31.5 Å². The molecule has 0 aromatic carbocycles. The summed E-state index contributed by atoms with van der Waals surface area (Å²) in [5, 5.41) is -4.58. The molecule has 5 nitrogen and oxygen atoms in total.